The first kappa shape index (κ1) is 19.1. The van der Waals surface area contributed by atoms with Crippen LogP contribution in [0.2, 0.25) is 0 Å². The Balaban J connectivity index is 1.92. The summed E-state index contributed by atoms with van der Waals surface area (Å²) in [5.41, 5.74) is 0.592. The summed E-state index contributed by atoms with van der Waals surface area (Å²) in [5, 5.41) is 8.96. The van der Waals surface area contributed by atoms with Gasteiger partial charge in [0, 0.05) is 18.2 Å². The average Bonchev–Trinajstić information content (AvgIpc) is 2.61. The molecule has 0 radical (unpaired) electrons. The number of benzene rings is 1. The molecule has 2 unspecified atom stereocenters. The van der Waals surface area contributed by atoms with Gasteiger partial charge in [0.1, 0.15) is 5.75 Å². The van der Waals surface area contributed by atoms with E-state index in [0.717, 1.165) is 31.4 Å². The number of ether oxygens (including phenoxy) is 1. The molecule has 25 heavy (non-hydrogen) atoms. The third-order valence-corrected chi connectivity index (χ3v) is 4.42. The summed E-state index contributed by atoms with van der Waals surface area (Å²) in [6, 6.07) is 6.78. The van der Waals surface area contributed by atoms with Gasteiger partial charge in [-0.25, -0.2) is 4.79 Å². The highest BCUT2D eigenvalue weighted by Gasteiger charge is 2.28. The maximum atomic E-state index is 12.5. The Morgan fingerprint density at radius 2 is 1.68 bits per heavy atom. The third-order valence-electron chi connectivity index (χ3n) is 4.42. The topological polar surface area (TPSA) is 79.5 Å². The van der Waals surface area contributed by atoms with Crippen molar-refractivity contribution in [2.45, 2.75) is 51.6 Å². The summed E-state index contributed by atoms with van der Waals surface area (Å²) in [4.78, 5) is 24.5. The lowest BCUT2D eigenvalue weighted by Gasteiger charge is -2.33. The van der Waals surface area contributed by atoms with Gasteiger partial charge in [0.05, 0.1) is 13.2 Å². The van der Waals surface area contributed by atoms with Crippen LogP contribution in [-0.2, 0) is 0 Å². The second kappa shape index (κ2) is 9.30. The Bertz CT molecular complexity index is 572. The Kier molecular flexibility index (Phi) is 7.10. The Labute approximate surface area is 149 Å². The van der Waals surface area contributed by atoms with Gasteiger partial charge in [-0.2, -0.15) is 0 Å². The normalized spacial score (nSPS) is 20.0. The largest absolute Gasteiger partial charge is 0.497 e. The van der Waals surface area contributed by atoms with Crippen LogP contribution in [0.1, 0.15) is 49.9 Å². The van der Waals surface area contributed by atoms with Crippen LogP contribution in [0, 0.1) is 5.92 Å². The van der Waals surface area contributed by atoms with Crippen molar-refractivity contribution in [1.82, 2.24) is 16.0 Å². The Hall–Kier alpha value is -2.24. The van der Waals surface area contributed by atoms with Crippen molar-refractivity contribution in [3.05, 3.63) is 29.8 Å². The van der Waals surface area contributed by atoms with Crippen molar-refractivity contribution in [2.75, 3.05) is 13.7 Å². The number of hydrogen-bond donors (Lipinski definition) is 3. The van der Waals surface area contributed by atoms with E-state index < -0.39 is 0 Å². The SMILES string of the molecule is COc1ccc(C(=O)NC2CCCCC2NC(=O)NCC(C)C)cc1. The van der Waals surface area contributed by atoms with Crippen LogP contribution < -0.4 is 20.7 Å². The smallest absolute Gasteiger partial charge is 0.315 e. The number of methoxy groups -OCH3 is 1. The van der Waals surface area contributed by atoms with E-state index in [1.165, 1.54) is 0 Å². The summed E-state index contributed by atoms with van der Waals surface area (Å²) >= 11 is 0. The van der Waals surface area contributed by atoms with Crippen LogP contribution in [-0.4, -0.2) is 37.7 Å². The molecule has 2 atom stereocenters. The fraction of sp³-hybridized carbons (Fsp3) is 0.579. The van der Waals surface area contributed by atoms with Crippen LogP contribution >= 0.6 is 0 Å². The molecule has 1 aliphatic rings. The molecule has 3 N–H and O–H groups in total. The lowest BCUT2D eigenvalue weighted by molar-refractivity contribution is 0.0916. The van der Waals surface area contributed by atoms with Crippen LogP contribution in [0.25, 0.3) is 0 Å². The van der Waals surface area contributed by atoms with Gasteiger partial charge in [-0.1, -0.05) is 26.7 Å². The maximum absolute atomic E-state index is 12.5. The number of carbonyl (C=O) groups is 2. The van der Waals surface area contributed by atoms with Gasteiger partial charge >= 0.3 is 6.03 Å². The molecule has 0 spiro atoms. The molecule has 0 aliphatic heterocycles. The van der Waals surface area contributed by atoms with Gasteiger partial charge in [0.15, 0.2) is 0 Å². The predicted octanol–water partition coefficient (Wildman–Crippen LogP) is 2.69. The number of hydrogen-bond acceptors (Lipinski definition) is 3. The van der Waals surface area contributed by atoms with E-state index in [1.807, 2.05) is 0 Å². The van der Waals surface area contributed by atoms with Gasteiger partial charge in [0.25, 0.3) is 5.91 Å². The summed E-state index contributed by atoms with van der Waals surface area (Å²) < 4.78 is 5.11. The highest BCUT2D eigenvalue weighted by molar-refractivity contribution is 5.94. The number of rotatable bonds is 6. The molecule has 0 bridgehead atoms. The van der Waals surface area contributed by atoms with Gasteiger partial charge in [-0.15, -0.1) is 0 Å². The minimum Gasteiger partial charge on any atom is -0.497 e. The lowest BCUT2D eigenvalue weighted by Crippen LogP contribution is -2.55. The van der Waals surface area contributed by atoms with Crippen molar-refractivity contribution in [3.8, 4) is 5.75 Å². The molecule has 6 heteroatoms. The zero-order valence-electron chi connectivity index (χ0n) is 15.3. The minimum absolute atomic E-state index is 0.0388. The van der Waals surface area contributed by atoms with E-state index >= 15 is 0 Å². The molecule has 1 fully saturated rings. The summed E-state index contributed by atoms with van der Waals surface area (Å²) in [5.74, 6) is 1.00. The summed E-state index contributed by atoms with van der Waals surface area (Å²) in [6.45, 7) is 4.75. The number of urea groups is 1. The predicted molar refractivity (Wildman–Crippen MR) is 97.9 cm³/mol. The molecule has 1 aliphatic carbocycles. The lowest BCUT2D eigenvalue weighted by atomic mass is 9.90. The van der Waals surface area contributed by atoms with Crippen molar-refractivity contribution < 1.29 is 14.3 Å². The molecular formula is C19H29N3O3. The molecule has 3 amide bonds. The van der Waals surface area contributed by atoms with Crippen molar-refractivity contribution in [2.24, 2.45) is 5.92 Å². The molecule has 0 aromatic heterocycles. The average molecular weight is 347 g/mol. The third kappa shape index (κ3) is 5.96. The van der Waals surface area contributed by atoms with E-state index in [4.69, 9.17) is 4.74 Å². The Morgan fingerprint density at radius 1 is 1.08 bits per heavy atom. The molecular weight excluding hydrogens is 318 g/mol. The monoisotopic (exact) mass is 347 g/mol. The van der Waals surface area contributed by atoms with Gasteiger partial charge < -0.3 is 20.7 Å². The zero-order valence-corrected chi connectivity index (χ0v) is 15.3. The van der Waals surface area contributed by atoms with Crippen LogP contribution in [0.4, 0.5) is 4.79 Å². The van der Waals surface area contributed by atoms with E-state index in [9.17, 15) is 9.59 Å². The first-order chi connectivity index (χ1) is 12.0. The van der Waals surface area contributed by atoms with Gasteiger partial charge in [0.2, 0.25) is 0 Å². The molecule has 2 rings (SSSR count). The fourth-order valence-electron chi connectivity index (χ4n) is 2.99. The number of carbonyl (C=O) groups excluding carboxylic acids is 2. The molecule has 1 saturated carbocycles. The van der Waals surface area contributed by atoms with E-state index in [-0.39, 0.29) is 24.0 Å². The highest BCUT2D eigenvalue weighted by Crippen LogP contribution is 2.19. The molecule has 6 nitrogen and oxygen atoms in total. The summed E-state index contributed by atoms with van der Waals surface area (Å²) in [6.07, 6.45) is 3.86. The fourth-order valence-corrected chi connectivity index (χ4v) is 2.99. The molecule has 138 valence electrons. The van der Waals surface area contributed by atoms with Crippen molar-refractivity contribution in [1.29, 1.82) is 0 Å². The molecule has 1 aromatic rings. The molecule has 0 saturated heterocycles. The van der Waals surface area contributed by atoms with Crippen LogP contribution in [0.3, 0.4) is 0 Å². The number of amides is 3. The van der Waals surface area contributed by atoms with E-state index in [0.29, 0.717) is 18.0 Å². The maximum Gasteiger partial charge on any atom is 0.315 e. The minimum atomic E-state index is -0.163. The van der Waals surface area contributed by atoms with Gasteiger partial charge in [-0.05, 0) is 43.0 Å². The second-order valence-electron chi connectivity index (χ2n) is 6.95. The van der Waals surface area contributed by atoms with E-state index in [1.54, 1.807) is 31.4 Å². The second-order valence-corrected chi connectivity index (χ2v) is 6.95. The van der Waals surface area contributed by atoms with Crippen LogP contribution in [0.5, 0.6) is 5.75 Å². The van der Waals surface area contributed by atoms with Crippen molar-refractivity contribution in [3.63, 3.8) is 0 Å². The molecule has 1 aromatic carbocycles. The molecule has 0 heterocycles. The first-order valence-corrected chi connectivity index (χ1v) is 8.99. The quantitative estimate of drug-likeness (QED) is 0.740. The van der Waals surface area contributed by atoms with Crippen molar-refractivity contribution >= 4 is 11.9 Å². The van der Waals surface area contributed by atoms with Gasteiger partial charge in [-0.3, -0.25) is 4.79 Å². The standard InChI is InChI=1S/C19H29N3O3/c1-13(2)12-20-19(24)22-17-7-5-4-6-16(17)21-18(23)14-8-10-15(25-3)11-9-14/h8-11,13,16-17H,4-7,12H2,1-3H3,(H,21,23)(H2,20,22,24). The number of nitrogens with one attached hydrogen (secondary N) is 3. The highest BCUT2D eigenvalue weighted by atomic mass is 16.5. The van der Waals surface area contributed by atoms with Crippen LogP contribution in [0.15, 0.2) is 24.3 Å². The first-order valence-electron chi connectivity index (χ1n) is 8.99. The Morgan fingerprint density at radius 3 is 2.24 bits per heavy atom. The zero-order chi connectivity index (χ0) is 18.2. The van der Waals surface area contributed by atoms with E-state index in [2.05, 4.69) is 29.8 Å². The summed E-state index contributed by atoms with van der Waals surface area (Å²) in [7, 11) is 1.59.